The summed E-state index contributed by atoms with van der Waals surface area (Å²) in [5.74, 6) is -1.20. The van der Waals surface area contributed by atoms with Gasteiger partial charge < -0.3 is 19.6 Å². The number of hydrogen-bond donors (Lipinski definition) is 1. The topological polar surface area (TPSA) is 87.2 Å². The molecule has 2 amide bonds. The van der Waals surface area contributed by atoms with Crippen molar-refractivity contribution < 1.29 is 28.6 Å². The van der Waals surface area contributed by atoms with E-state index >= 15 is 0 Å². The van der Waals surface area contributed by atoms with Crippen molar-refractivity contribution in [3.8, 4) is 0 Å². The van der Waals surface area contributed by atoms with E-state index in [4.69, 9.17) is 26.2 Å². The van der Waals surface area contributed by atoms with Gasteiger partial charge in [-0.25, -0.2) is 4.39 Å². The highest BCUT2D eigenvalue weighted by Crippen LogP contribution is 2.51. The van der Waals surface area contributed by atoms with Gasteiger partial charge >= 0.3 is 0 Å². The number of hydrogen-bond acceptors (Lipinski definition) is 4. The predicted octanol–water partition coefficient (Wildman–Crippen LogP) is 3.09. The summed E-state index contributed by atoms with van der Waals surface area (Å²) in [6, 6.07) is 13.3. The minimum Gasteiger partial charge on any atom is -0.483 e. The third kappa shape index (κ3) is 3.36. The number of nitrogens with zero attached hydrogens (tertiary/aromatic N) is 2. The fourth-order valence-electron chi connectivity index (χ4n) is 4.85. The first kappa shape index (κ1) is 21.3. The quantitative estimate of drug-likeness (QED) is 0.716. The van der Waals surface area contributed by atoms with E-state index in [-0.39, 0.29) is 35.4 Å². The van der Waals surface area contributed by atoms with E-state index in [1.807, 2.05) is 30.3 Å². The molecule has 0 radical (unpaired) electrons. The Kier molecular flexibility index (Phi) is 5.68. The van der Waals surface area contributed by atoms with Crippen molar-refractivity contribution in [1.29, 1.82) is 0 Å². The summed E-state index contributed by atoms with van der Waals surface area (Å²) in [6.07, 6.45) is 0.672. The highest BCUT2D eigenvalue weighted by atomic mass is 35.5. The Balaban J connectivity index is 0.000000730. The second-order valence-corrected chi connectivity index (χ2v) is 7.92. The number of carbonyl (C=O) groups excluding carboxylic acids is 2. The van der Waals surface area contributed by atoms with Crippen LogP contribution in [0.1, 0.15) is 34.8 Å². The number of ether oxygens (including phenoxy) is 1. The SMILES string of the molecule is O=C(c1c(F)cccc1Cl)N1CC[C@@]23OC[C@@H](c4ccccc4)N2C(=O)C[C@@H]13.O=CO. The molecule has 3 heterocycles. The van der Waals surface area contributed by atoms with Gasteiger partial charge in [0.15, 0.2) is 5.72 Å². The highest BCUT2D eigenvalue weighted by Gasteiger charge is 2.65. The van der Waals surface area contributed by atoms with E-state index in [0.29, 0.717) is 19.6 Å². The number of likely N-dealkylation sites (tertiary alicyclic amines) is 1. The average molecular weight is 447 g/mol. The fourth-order valence-corrected chi connectivity index (χ4v) is 5.10. The van der Waals surface area contributed by atoms with Gasteiger partial charge in [-0.05, 0) is 17.7 Å². The molecule has 3 fully saturated rings. The largest absolute Gasteiger partial charge is 0.483 e. The van der Waals surface area contributed by atoms with Crippen molar-refractivity contribution >= 4 is 29.9 Å². The standard InChI is InChI=1S/C21H18ClFN2O3.CH2O2/c22-14-7-4-8-15(23)19(14)20(27)24-10-9-21-17(24)11-18(26)25(21)16(12-28-21)13-5-2-1-3-6-13;2-1-3/h1-8,16-17H,9-12H2;1H,(H,2,3)/t16-,17+,21-;/m0./s1. The summed E-state index contributed by atoms with van der Waals surface area (Å²) in [4.78, 5) is 37.7. The molecule has 0 aliphatic carbocycles. The molecule has 7 nitrogen and oxygen atoms in total. The first-order valence-corrected chi connectivity index (χ1v) is 10.2. The molecule has 162 valence electrons. The van der Waals surface area contributed by atoms with Gasteiger partial charge in [0.05, 0.1) is 35.7 Å². The number of halogens is 2. The molecule has 3 aliphatic heterocycles. The number of rotatable bonds is 2. The smallest absolute Gasteiger partial charge is 0.290 e. The van der Waals surface area contributed by atoms with Gasteiger partial charge in [0.2, 0.25) is 5.91 Å². The van der Waals surface area contributed by atoms with E-state index in [2.05, 4.69) is 0 Å². The average Bonchev–Trinajstić information content (AvgIpc) is 3.38. The first-order valence-electron chi connectivity index (χ1n) is 9.78. The zero-order chi connectivity index (χ0) is 22.2. The summed E-state index contributed by atoms with van der Waals surface area (Å²) in [7, 11) is 0. The normalized spacial score (nSPS) is 26.2. The monoisotopic (exact) mass is 446 g/mol. The molecule has 31 heavy (non-hydrogen) atoms. The van der Waals surface area contributed by atoms with Crippen LogP contribution in [0.25, 0.3) is 0 Å². The molecule has 1 N–H and O–H groups in total. The Morgan fingerprint density at radius 1 is 1.23 bits per heavy atom. The Hall–Kier alpha value is -2.97. The number of carboxylic acid groups (broad SMARTS) is 1. The Morgan fingerprint density at radius 3 is 2.61 bits per heavy atom. The molecule has 9 heteroatoms. The van der Waals surface area contributed by atoms with Crippen LogP contribution in [0.5, 0.6) is 0 Å². The van der Waals surface area contributed by atoms with Crippen LogP contribution < -0.4 is 0 Å². The molecule has 3 aliphatic rings. The van der Waals surface area contributed by atoms with Gasteiger partial charge in [0, 0.05) is 13.0 Å². The molecule has 0 unspecified atom stereocenters. The second kappa shape index (κ2) is 8.28. The summed E-state index contributed by atoms with van der Waals surface area (Å²) < 4.78 is 20.5. The highest BCUT2D eigenvalue weighted by molar-refractivity contribution is 6.33. The number of benzene rings is 2. The van der Waals surface area contributed by atoms with Crippen LogP contribution in [0.15, 0.2) is 48.5 Å². The van der Waals surface area contributed by atoms with E-state index < -0.39 is 23.5 Å². The number of amides is 2. The maximum absolute atomic E-state index is 14.3. The van der Waals surface area contributed by atoms with Crippen LogP contribution in [-0.4, -0.2) is 58.1 Å². The van der Waals surface area contributed by atoms with Gasteiger partial charge in [-0.2, -0.15) is 0 Å². The molecule has 3 saturated heterocycles. The minimum absolute atomic E-state index is 0.0477. The summed E-state index contributed by atoms with van der Waals surface area (Å²) in [6.45, 7) is 0.522. The zero-order valence-corrected chi connectivity index (χ0v) is 17.2. The lowest BCUT2D eigenvalue weighted by atomic mass is 10.0. The molecule has 2 aromatic rings. The summed E-state index contributed by atoms with van der Waals surface area (Å²) in [5, 5.41) is 6.96. The van der Waals surface area contributed by atoms with Crippen LogP contribution in [0.3, 0.4) is 0 Å². The van der Waals surface area contributed by atoms with Crippen molar-refractivity contribution in [3.05, 3.63) is 70.5 Å². The maximum atomic E-state index is 14.3. The van der Waals surface area contributed by atoms with E-state index in [0.717, 1.165) is 5.56 Å². The van der Waals surface area contributed by atoms with Crippen molar-refractivity contribution in [2.24, 2.45) is 0 Å². The Morgan fingerprint density at radius 2 is 1.94 bits per heavy atom. The molecule has 0 saturated carbocycles. The van der Waals surface area contributed by atoms with Crippen LogP contribution in [0, 0.1) is 5.82 Å². The predicted molar refractivity (Wildman–Crippen MR) is 109 cm³/mol. The van der Waals surface area contributed by atoms with Crippen LogP contribution in [-0.2, 0) is 14.3 Å². The van der Waals surface area contributed by atoms with Gasteiger partial charge in [-0.1, -0.05) is 48.0 Å². The maximum Gasteiger partial charge on any atom is 0.290 e. The van der Waals surface area contributed by atoms with Crippen LogP contribution in [0.2, 0.25) is 5.02 Å². The third-order valence-corrected chi connectivity index (χ3v) is 6.39. The van der Waals surface area contributed by atoms with E-state index in [1.54, 1.807) is 9.80 Å². The third-order valence-electron chi connectivity index (χ3n) is 6.08. The van der Waals surface area contributed by atoms with Gasteiger partial charge in [-0.3, -0.25) is 14.4 Å². The zero-order valence-electron chi connectivity index (χ0n) is 16.4. The molecule has 0 bridgehead atoms. The lowest BCUT2D eigenvalue weighted by molar-refractivity contribution is -0.138. The van der Waals surface area contributed by atoms with Crippen molar-refractivity contribution in [2.45, 2.75) is 30.7 Å². The lowest BCUT2D eigenvalue weighted by Crippen LogP contribution is -2.49. The lowest BCUT2D eigenvalue weighted by Gasteiger charge is -2.33. The molecule has 0 aromatic heterocycles. The van der Waals surface area contributed by atoms with Gasteiger partial charge in [-0.15, -0.1) is 0 Å². The fraction of sp³-hybridized carbons (Fsp3) is 0.318. The van der Waals surface area contributed by atoms with Gasteiger partial charge in [0.1, 0.15) is 5.82 Å². The first-order chi connectivity index (χ1) is 14.9. The van der Waals surface area contributed by atoms with Crippen molar-refractivity contribution in [3.63, 3.8) is 0 Å². The summed E-state index contributed by atoms with van der Waals surface area (Å²) in [5.41, 5.74) is 0.0189. The van der Waals surface area contributed by atoms with Crippen molar-refractivity contribution in [1.82, 2.24) is 9.80 Å². The van der Waals surface area contributed by atoms with Crippen LogP contribution >= 0.6 is 11.6 Å². The molecule has 3 atom stereocenters. The van der Waals surface area contributed by atoms with Crippen LogP contribution in [0.4, 0.5) is 4.39 Å². The molecule has 1 spiro atoms. The minimum atomic E-state index is -0.842. The van der Waals surface area contributed by atoms with E-state index in [1.165, 1.54) is 18.2 Å². The molecule has 5 rings (SSSR count). The van der Waals surface area contributed by atoms with Gasteiger partial charge in [0.25, 0.3) is 12.4 Å². The molecular formula is C22H20ClFN2O5. The second-order valence-electron chi connectivity index (χ2n) is 7.52. The Bertz CT molecular complexity index is 1000. The molecule has 2 aromatic carbocycles. The number of carbonyl (C=O) groups is 3. The van der Waals surface area contributed by atoms with E-state index in [9.17, 15) is 14.0 Å². The molecular weight excluding hydrogens is 427 g/mol. The summed E-state index contributed by atoms with van der Waals surface area (Å²) >= 11 is 6.09. The van der Waals surface area contributed by atoms with Crippen molar-refractivity contribution in [2.75, 3.05) is 13.2 Å². The Labute approximate surface area is 183 Å².